The number of unbranched alkanes of at least 4 members (excludes halogenated alkanes) is 2. The van der Waals surface area contributed by atoms with Gasteiger partial charge in [-0.15, -0.1) is 0 Å². The van der Waals surface area contributed by atoms with Gasteiger partial charge in [-0.1, -0.05) is 272 Å². The van der Waals surface area contributed by atoms with E-state index in [1.807, 2.05) is 0 Å². The standard InChI is InChI=1S/2C10H22.4C9H20/c1-9(2)7-6-8-10(3,4)5;1-8(2)6-7-10(5)9(3)4;2*1-7(2)8(3)9(4,5)6;2*1-5-6-7-9(4)8(2)3/h9H,6-8H2,1-5H3;8-10H,6-7H2,1-5H3;2*7-8H,1-6H3;2*8-9H,5-7H2,1-4H3/t;10-;2*8-;2*9-/m.11010/s1. The van der Waals surface area contributed by atoms with E-state index >= 15 is 0 Å². The molecule has 0 aliphatic carbocycles. The molecule has 5 atom stereocenters. The lowest BCUT2D eigenvalue weighted by atomic mass is 9.76. The van der Waals surface area contributed by atoms with E-state index in [1.54, 1.807) is 0 Å². The molecule has 0 nitrogen and oxygen atoms in total. The molecule has 0 heteroatoms. The molecule has 0 unspecified atom stereocenters. The highest BCUT2D eigenvalue weighted by molar-refractivity contribution is 4.72. The van der Waals surface area contributed by atoms with Crippen LogP contribution in [0.4, 0.5) is 0 Å². The third kappa shape index (κ3) is 56.1. The second-order valence-corrected chi connectivity index (χ2v) is 24.6. The summed E-state index contributed by atoms with van der Waals surface area (Å²) in [5.41, 5.74) is 1.50. The fraction of sp³-hybridized carbons (Fsp3) is 1.00. The number of hydrogen-bond donors (Lipinski definition) is 0. The van der Waals surface area contributed by atoms with E-state index in [2.05, 4.69) is 208 Å². The van der Waals surface area contributed by atoms with Crippen molar-refractivity contribution in [1.82, 2.24) is 0 Å². The monoisotopic (exact) mass is 797 g/mol. The number of hydrogen-bond acceptors (Lipinski definition) is 0. The lowest BCUT2D eigenvalue weighted by Gasteiger charge is -2.30. The molecule has 0 aromatic heterocycles. The Morgan fingerprint density at radius 1 is 0.304 bits per heavy atom. The van der Waals surface area contributed by atoms with Gasteiger partial charge in [0.2, 0.25) is 0 Å². The van der Waals surface area contributed by atoms with E-state index in [-0.39, 0.29) is 0 Å². The minimum absolute atomic E-state index is 0.480. The first kappa shape index (κ1) is 67.8. The quantitative estimate of drug-likeness (QED) is 0.138. The van der Waals surface area contributed by atoms with Crippen molar-refractivity contribution in [3.8, 4) is 0 Å². The van der Waals surface area contributed by atoms with Crippen molar-refractivity contribution in [2.75, 3.05) is 0 Å². The minimum atomic E-state index is 0.480. The average Bonchev–Trinajstić information content (AvgIpc) is 3.03. The van der Waals surface area contributed by atoms with Crippen LogP contribution in [0.5, 0.6) is 0 Å². The average molecular weight is 798 g/mol. The smallest absolute Gasteiger partial charge is 0.0354 e. The van der Waals surface area contributed by atoms with Crippen molar-refractivity contribution in [2.45, 2.75) is 278 Å². The van der Waals surface area contributed by atoms with Gasteiger partial charge in [-0.25, -0.2) is 0 Å². The third-order valence-corrected chi connectivity index (χ3v) is 13.1. The molecule has 0 aliphatic rings. The van der Waals surface area contributed by atoms with Gasteiger partial charge in [0.15, 0.2) is 0 Å². The van der Waals surface area contributed by atoms with Crippen LogP contribution in [0.25, 0.3) is 0 Å². The molecular weight excluding hydrogens is 673 g/mol. The van der Waals surface area contributed by atoms with Crippen LogP contribution >= 0.6 is 0 Å². The molecule has 0 heterocycles. The lowest BCUT2D eigenvalue weighted by molar-refractivity contribution is 0.199. The molecule has 0 aromatic rings. The van der Waals surface area contributed by atoms with Crippen LogP contribution in [-0.2, 0) is 0 Å². The summed E-state index contributed by atoms with van der Waals surface area (Å²) in [6.07, 6.45) is 15.2. The molecule has 56 heavy (non-hydrogen) atoms. The molecule has 0 radical (unpaired) electrons. The lowest BCUT2D eigenvalue weighted by Crippen LogP contribution is -2.21. The molecule has 0 spiro atoms. The van der Waals surface area contributed by atoms with Crippen molar-refractivity contribution < 1.29 is 0 Å². The second-order valence-electron chi connectivity index (χ2n) is 24.6. The van der Waals surface area contributed by atoms with Crippen LogP contribution < -0.4 is 0 Å². The molecule has 0 aliphatic heterocycles. The first-order valence-electron chi connectivity index (χ1n) is 25.0. The predicted molar refractivity (Wildman–Crippen MR) is 270 cm³/mol. The van der Waals surface area contributed by atoms with E-state index in [9.17, 15) is 0 Å². The molecular formula is C56H124. The summed E-state index contributed by atoms with van der Waals surface area (Å²) >= 11 is 0. The second kappa shape index (κ2) is 38.0. The van der Waals surface area contributed by atoms with Crippen LogP contribution in [0.1, 0.15) is 278 Å². The molecule has 348 valence electrons. The van der Waals surface area contributed by atoms with Gasteiger partial charge in [-0.2, -0.15) is 0 Å². The molecule has 0 saturated heterocycles. The fourth-order valence-electron chi connectivity index (χ4n) is 5.69. The Kier molecular flexibility index (Phi) is 45.9. The van der Waals surface area contributed by atoms with Crippen LogP contribution in [-0.4, -0.2) is 0 Å². The van der Waals surface area contributed by atoms with Crippen LogP contribution in [0.3, 0.4) is 0 Å². The zero-order valence-corrected chi connectivity index (χ0v) is 46.2. The molecule has 0 saturated carbocycles. The Bertz CT molecular complexity index is 698. The summed E-state index contributed by atoms with van der Waals surface area (Å²) in [5.74, 6) is 10.4. The normalized spacial score (nSPS) is 14.7. The van der Waals surface area contributed by atoms with Gasteiger partial charge in [-0.3, -0.25) is 0 Å². The zero-order valence-electron chi connectivity index (χ0n) is 46.2. The van der Waals surface area contributed by atoms with Gasteiger partial charge in [0.1, 0.15) is 0 Å². The van der Waals surface area contributed by atoms with E-state index in [0.29, 0.717) is 16.2 Å². The molecule has 0 bridgehead atoms. The topological polar surface area (TPSA) is 0 Å². The maximum Gasteiger partial charge on any atom is -0.0354 e. The minimum Gasteiger partial charge on any atom is -0.0654 e. The maximum atomic E-state index is 2.35. The third-order valence-electron chi connectivity index (χ3n) is 13.1. The summed E-state index contributed by atoms with van der Waals surface area (Å²) < 4.78 is 0. The summed E-state index contributed by atoms with van der Waals surface area (Å²) in [6, 6.07) is 0. The van der Waals surface area contributed by atoms with Crippen molar-refractivity contribution >= 4 is 0 Å². The molecule has 0 N–H and O–H groups in total. The van der Waals surface area contributed by atoms with Crippen LogP contribution in [0.2, 0.25) is 0 Å². The van der Waals surface area contributed by atoms with Gasteiger partial charge in [0.05, 0.1) is 0 Å². The van der Waals surface area contributed by atoms with Crippen molar-refractivity contribution in [1.29, 1.82) is 0 Å². The van der Waals surface area contributed by atoms with Crippen molar-refractivity contribution in [3.63, 3.8) is 0 Å². The van der Waals surface area contributed by atoms with E-state index < -0.39 is 0 Å². The Balaban J connectivity index is -0.000000134. The highest BCUT2D eigenvalue weighted by atomic mass is 14.3. The summed E-state index contributed by atoms with van der Waals surface area (Å²) in [5, 5.41) is 0. The Hall–Kier alpha value is 0. The summed E-state index contributed by atoms with van der Waals surface area (Å²) in [6.45, 7) is 69.2. The van der Waals surface area contributed by atoms with E-state index in [4.69, 9.17) is 0 Å². The van der Waals surface area contributed by atoms with Gasteiger partial charge in [-0.05, 0) is 93.7 Å². The van der Waals surface area contributed by atoms with Gasteiger partial charge in [0, 0.05) is 0 Å². The van der Waals surface area contributed by atoms with Gasteiger partial charge in [0.25, 0.3) is 0 Å². The first-order chi connectivity index (χ1) is 25.0. The van der Waals surface area contributed by atoms with E-state index in [0.717, 1.165) is 71.0 Å². The van der Waals surface area contributed by atoms with Crippen molar-refractivity contribution in [3.05, 3.63) is 0 Å². The van der Waals surface area contributed by atoms with Gasteiger partial charge < -0.3 is 0 Å². The Morgan fingerprint density at radius 3 is 0.732 bits per heavy atom. The largest absolute Gasteiger partial charge is 0.0654 e. The SMILES string of the molecule is CC(C)CCCC(C)(C)C.CC(C)CC[C@@H](C)C(C)C.CC(C)[C@@H](C)C(C)(C)C.CC(C)[C@H](C)C(C)(C)C.CCCC[C@@H](C)C(C)C.CCCC[C@H](C)C(C)C. The fourth-order valence-corrected chi connectivity index (χ4v) is 5.69. The van der Waals surface area contributed by atoms with Crippen LogP contribution in [0.15, 0.2) is 0 Å². The Morgan fingerprint density at radius 2 is 0.571 bits per heavy atom. The summed E-state index contributed by atoms with van der Waals surface area (Å²) in [4.78, 5) is 0. The maximum absolute atomic E-state index is 2.35. The summed E-state index contributed by atoms with van der Waals surface area (Å²) in [7, 11) is 0. The molecule has 0 fully saturated rings. The molecule has 0 rings (SSSR count). The zero-order chi connectivity index (χ0) is 46.2. The molecule has 0 amide bonds. The first-order valence-corrected chi connectivity index (χ1v) is 25.0. The van der Waals surface area contributed by atoms with Gasteiger partial charge >= 0.3 is 0 Å². The van der Waals surface area contributed by atoms with Crippen LogP contribution in [0, 0.1) is 87.3 Å². The number of rotatable bonds is 17. The van der Waals surface area contributed by atoms with Crippen molar-refractivity contribution in [2.24, 2.45) is 87.3 Å². The highest BCUT2D eigenvalue weighted by Gasteiger charge is 2.23. The van der Waals surface area contributed by atoms with E-state index in [1.165, 1.54) is 70.6 Å². The molecule has 0 aromatic carbocycles. The Labute approximate surface area is 364 Å². The predicted octanol–water partition coefficient (Wildman–Crippen LogP) is 21.2. The highest BCUT2D eigenvalue weighted by Crippen LogP contribution is 2.32.